The number of nitrogens with one attached hydrogen (secondary N) is 1. The molecule has 0 heterocycles. The van der Waals surface area contributed by atoms with Gasteiger partial charge in [-0.3, -0.25) is 9.69 Å². The Morgan fingerprint density at radius 2 is 2.10 bits per heavy atom. The summed E-state index contributed by atoms with van der Waals surface area (Å²) in [6.07, 6.45) is 3.54. The molecule has 1 aromatic rings. The molecule has 1 aliphatic rings. The van der Waals surface area contributed by atoms with Crippen molar-refractivity contribution in [2.75, 3.05) is 18.1 Å². The van der Waals surface area contributed by atoms with Crippen molar-refractivity contribution in [1.29, 1.82) is 0 Å². The van der Waals surface area contributed by atoms with E-state index in [4.69, 9.17) is 28.9 Å². The molecule has 1 amide bonds. The fraction of sp³-hybridized carbons (Fsp3) is 0.500. The van der Waals surface area contributed by atoms with Crippen LogP contribution in [0.1, 0.15) is 26.2 Å². The first kappa shape index (κ1) is 15.4. The summed E-state index contributed by atoms with van der Waals surface area (Å²) in [6.45, 7) is 1.88. The van der Waals surface area contributed by atoms with Crippen molar-refractivity contribution in [2.45, 2.75) is 38.3 Å². The summed E-state index contributed by atoms with van der Waals surface area (Å²) in [7, 11) is 1.97. The van der Waals surface area contributed by atoms with Crippen molar-refractivity contribution in [3.05, 3.63) is 22.2 Å². The van der Waals surface area contributed by atoms with Gasteiger partial charge in [-0.15, -0.1) is 0 Å². The van der Waals surface area contributed by atoms with E-state index in [1.807, 2.05) is 14.0 Å². The van der Waals surface area contributed by atoms with Crippen molar-refractivity contribution in [3.8, 4) is 0 Å². The molecule has 1 fully saturated rings. The number of nitrogen functional groups attached to an aromatic ring is 1. The van der Waals surface area contributed by atoms with Crippen LogP contribution in [0.4, 0.5) is 11.4 Å². The van der Waals surface area contributed by atoms with Crippen molar-refractivity contribution in [1.82, 2.24) is 4.90 Å². The van der Waals surface area contributed by atoms with E-state index in [2.05, 4.69) is 10.2 Å². The predicted octanol–water partition coefficient (Wildman–Crippen LogP) is 3.39. The maximum absolute atomic E-state index is 12.3. The highest BCUT2D eigenvalue weighted by Crippen LogP contribution is 2.32. The molecule has 4 nitrogen and oxygen atoms in total. The number of carbonyl (C=O) groups is 1. The van der Waals surface area contributed by atoms with Crippen molar-refractivity contribution in [3.63, 3.8) is 0 Å². The van der Waals surface area contributed by atoms with Crippen LogP contribution < -0.4 is 11.1 Å². The van der Waals surface area contributed by atoms with Crippen LogP contribution >= 0.6 is 23.2 Å². The van der Waals surface area contributed by atoms with Gasteiger partial charge in [0, 0.05) is 11.1 Å². The van der Waals surface area contributed by atoms with Crippen LogP contribution in [0.5, 0.6) is 0 Å². The molecule has 1 saturated carbocycles. The number of nitrogens with zero attached hydrogens (tertiary/aromatic N) is 1. The third-order valence-electron chi connectivity index (χ3n) is 3.97. The maximum atomic E-state index is 12.3. The first-order valence-corrected chi connectivity index (χ1v) is 7.43. The average molecular weight is 316 g/mol. The van der Waals surface area contributed by atoms with Gasteiger partial charge in [0.15, 0.2) is 0 Å². The second kappa shape index (κ2) is 6.20. The molecule has 2 rings (SSSR count). The van der Waals surface area contributed by atoms with Crippen LogP contribution in [-0.2, 0) is 4.79 Å². The highest BCUT2D eigenvalue weighted by molar-refractivity contribution is 6.37. The number of rotatable bonds is 4. The number of hydrogen-bond acceptors (Lipinski definition) is 3. The summed E-state index contributed by atoms with van der Waals surface area (Å²) in [5, 5.41) is 3.59. The van der Waals surface area contributed by atoms with E-state index in [-0.39, 0.29) is 11.9 Å². The Bertz CT molecular complexity index is 494. The lowest BCUT2D eigenvalue weighted by atomic mass is 9.91. The lowest BCUT2D eigenvalue weighted by Crippen LogP contribution is -2.48. The van der Waals surface area contributed by atoms with Crippen LogP contribution in [0, 0.1) is 0 Å². The number of anilines is 2. The predicted molar refractivity (Wildman–Crippen MR) is 84.4 cm³/mol. The summed E-state index contributed by atoms with van der Waals surface area (Å²) in [6, 6.07) is 3.40. The Hall–Kier alpha value is -0.970. The van der Waals surface area contributed by atoms with E-state index in [9.17, 15) is 4.79 Å². The minimum Gasteiger partial charge on any atom is -0.397 e. The van der Waals surface area contributed by atoms with Crippen LogP contribution in [0.2, 0.25) is 10.0 Å². The molecular formula is C14H19Cl2N3O. The molecule has 1 unspecified atom stereocenters. The monoisotopic (exact) mass is 315 g/mol. The fourth-order valence-electron chi connectivity index (χ4n) is 2.25. The second-order valence-electron chi connectivity index (χ2n) is 5.27. The molecule has 0 aliphatic heterocycles. The van der Waals surface area contributed by atoms with Gasteiger partial charge < -0.3 is 11.1 Å². The quantitative estimate of drug-likeness (QED) is 0.837. The van der Waals surface area contributed by atoms with E-state index in [1.165, 1.54) is 6.42 Å². The smallest absolute Gasteiger partial charge is 0.241 e. The Morgan fingerprint density at radius 3 is 2.60 bits per heavy atom. The minimum atomic E-state index is -0.230. The molecule has 0 spiro atoms. The zero-order valence-electron chi connectivity index (χ0n) is 11.6. The Balaban J connectivity index is 2.07. The normalized spacial score (nSPS) is 16.9. The highest BCUT2D eigenvalue weighted by Gasteiger charge is 2.29. The molecule has 6 heteroatoms. The zero-order chi connectivity index (χ0) is 14.9. The van der Waals surface area contributed by atoms with Crippen molar-refractivity contribution >= 4 is 40.5 Å². The molecular weight excluding hydrogens is 297 g/mol. The number of likely N-dealkylation sites (N-methyl/N-ethyl adjacent to an activating group) is 1. The summed E-state index contributed by atoms with van der Waals surface area (Å²) in [5.41, 5.74) is 6.64. The van der Waals surface area contributed by atoms with Gasteiger partial charge in [0.25, 0.3) is 0 Å². The van der Waals surface area contributed by atoms with Crippen LogP contribution in [0.3, 0.4) is 0 Å². The van der Waals surface area contributed by atoms with Gasteiger partial charge >= 0.3 is 0 Å². The van der Waals surface area contributed by atoms with Gasteiger partial charge in [0.1, 0.15) is 0 Å². The largest absolute Gasteiger partial charge is 0.397 e. The van der Waals surface area contributed by atoms with E-state index in [0.29, 0.717) is 27.5 Å². The minimum absolute atomic E-state index is 0.115. The molecule has 3 N–H and O–H groups in total. The van der Waals surface area contributed by atoms with Gasteiger partial charge in [-0.05, 0) is 38.9 Å². The lowest BCUT2D eigenvalue weighted by molar-refractivity contribution is -0.121. The Morgan fingerprint density at radius 1 is 1.45 bits per heavy atom. The van der Waals surface area contributed by atoms with Crippen LogP contribution in [0.15, 0.2) is 12.1 Å². The van der Waals surface area contributed by atoms with Crippen LogP contribution in [-0.4, -0.2) is 29.9 Å². The molecule has 0 bridgehead atoms. The molecule has 110 valence electrons. The summed E-state index contributed by atoms with van der Waals surface area (Å²) < 4.78 is 0. The third kappa shape index (κ3) is 3.19. The van der Waals surface area contributed by atoms with Gasteiger partial charge in [0.05, 0.1) is 22.4 Å². The molecule has 1 aromatic carbocycles. The van der Waals surface area contributed by atoms with Gasteiger partial charge in [-0.1, -0.05) is 29.6 Å². The maximum Gasteiger partial charge on any atom is 0.241 e. The number of benzene rings is 1. The van der Waals surface area contributed by atoms with Crippen LogP contribution in [0.25, 0.3) is 0 Å². The van der Waals surface area contributed by atoms with E-state index in [1.54, 1.807) is 12.1 Å². The Labute approximate surface area is 129 Å². The first-order valence-electron chi connectivity index (χ1n) is 6.67. The van der Waals surface area contributed by atoms with Gasteiger partial charge in [-0.2, -0.15) is 0 Å². The number of nitrogens with two attached hydrogens (primary N) is 1. The first-order chi connectivity index (χ1) is 9.40. The number of hydrogen-bond donors (Lipinski definition) is 2. The molecule has 1 aliphatic carbocycles. The van der Waals surface area contributed by atoms with E-state index < -0.39 is 0 Å². The molecule has 0 radical (unpaired) electrons. The number of halogens is 2. The summed E-state index contributed by atoms with van der Waals surface area (Å²) in [5.74, 6) is -0.115. The molecule has 0 saturated heterocycles. The molecule has 0 aromatic heterocycles. The summed E-state index contributed by atoms with van der Waals surface area (Å²) >= 11 is 11.9. The topological polar surface area (TPSA) is 58.4 Å². The van der Waals surface area contributed by atoms with Gasteiger partial charge in [0.2, 0.25) is 5.91 Å². The average Bonchev–Trinajstić information content (AvgIpc) is 2.30. The zero-order valence-corrected chi connectivity index (χ0v) is 13.1. The third-order valence-corrected chi connectivity index (χ3v) is 4.49. The van der Waals surface area contributed by atoms with Gasteiger partial charge in [-0.25, -0.2) is 0 Å². The van der Waals surface area contributed by atoms with E-state index in [0.717, 1.165) is 12.8 Å². The van der Waals surface area contributed by atoms with E-state index >= 15 is 0 Å². The Kier molecular flexibility index (Phi) is 4.78. The van der Waals surface area contributed by atoms with Crippen molar-refractivity contribution < 1.29 is 4.79 Å². The fourth-order valence-corrected chi connectivity index (χ4v) is 2.80. The lowest BCUT2D eigenvalue weighted by Gasteiger charge is -2.38. The SMILES string of the molecule is CC(C(=O)Nc1c(N)cc(Cl)cc1Cl)N(C)C1CCC1. The number of carbonyl (C=O) groups excluding carboxylic acids is 1. The standard InChI is InChI=1S/C14H19Cl2N3O/c1-8(19(2)10-4-3-5-10)14(20)18-13-11(16)6-9(15)7-12(13)17/h6-8,10H,3-5,17H2,1-2H3,(H,18,20). The number of amides is 1. The van der Waals surface area contributed by atoms with Crippen molar-refractivity contribution in [2.24, 2.45) is 0 Å². The second-order valence-corrected chi connectivity index (χ2v) is 6.11. The summed E-state index contributed by atoms with van der Waals surface area (Å²) in [4.78, 5) is 14.4. The molecule has 20 heavy (non-hydrogen) atoms. The highest BCUT2D eigenvalue weighted by atomic mass is 35.5. The molecule has 1 atom stereocenters.